The summed E-state index contributed by atoms with van der Waals surface area (Å²) in [5, 5.41) is 3.41. The van der Waals surface area contributed by atoms with Crippen LogP contribution in [0.4, 0.5) is 13.2 Å². The van der Waals surface area contributed by atoms with Crippen molar-refractivity contribution < 1.29 is 22.4 Å². The zero-order valence-corrected chi connectivity index (χ0v) is 19.1. The summed E-state index contributed by atoms with van der Waals surface area (Å²) in [6, 6.07) is 12.4. The Hall–Kier alpha value is -2.84. The van der Waals surface area contributed by atoms with Crippen LogP contribution >= 0.6 is 11.6 Å². The number of amides is 1. The summed E-state index contributed by atoms with van der Waals surface area (Å²) in [6.07, 6.45) is -2.35. The molecule has 0 unspecified atom stereocenters. The topological polar surface area (TPSA) is 58.4 Å². The number of benzene rings is 2. The van der Waals surface area contributed by atoms with E-state index < -0.39 is 11.7 Å². The van der Waals surface area contributed by atoms with Crippen molar-refractivity contribution in [2.45, 2.75) is 52.1 Å². The molecule has 5 nitrogen and oxygen atoms in total. The van der Waals surface area contributed by atoms with Crippen LogP contribution in [-0.2, 0) is 25.8 Å². The van der Waals surface area contributed by atoms with E-state index in [1.165, 1.54) is 12.3 Å². The maximum Gasteiger partial charge on any atom is 0.416 e. The largest absolute Gasteiger partial charge is 0.447 e. The van der Waals surface area contributed by atoms with Gasteiger partial charge in [-0.3, -0.25) is 9.69 Å². The first kappa shape index (κ1) is 24.8. The highest BCUT2D eigenvalue weighted by atomic mass is 35.5. The molecule has 9 heteroatoms. The van der Waals surface area contributed by atoms with Crippen molar-refractivity contribution >= 4 is 17.5 Å². The predicted molar refractivity (Wildman–Crippen MR) is 120 cm³/mol. The summed E-state index contributed by atoms with van der Waals surface area (Å²) >= 11 is 5.96. The highest BCUT2D eigenvalue weighted by molar-refractivity contribution is 6.30. The molecule has 0 saturated heterocycles. The van der Waals surface area contributed by atoms with Crippen molar-refractivity contribution in [1.82, 2.24) is 15.2 Å². The van der Waals surface area contributed by atoms with Gasteiger partial charge in [-0.05, 0) is 42.7 Å². The molecule has 33 heavy (non-hydrogen) atoms. The lowest BCUT2D eigenvalue weighted by Crippen LogP contribution is -2.32. The Labute approximate surface area is 195 Å². The van der Waals surface area contributed by atoms with Crippen LogP contribution in [0.25, 0.3) is 0 Å². The van der Waals surface area contributed by atoms with Gasteiger partial charge in [0.25, 0.3) is 5.91 Å². The third-order valence-corrected chi connectivity index (χ3v) is 5.37. The van der Waals surface area contributed by atoms with Crippen LogP contribution in [0.15, 0.2) is 59.2 Å². The number of alkyl halides is 3. The van der Waals surface area contributed by atoms with Gasteiger partial charge < -0.3 is 9.73 Å². The lowest BCUT2D eigenvalue weighted by atomic mass is 10.1. The summed E-state index contributed by atoms with van der Waals surface area (Å²) in [4.78, 5) is 18.5. The summed E-state index contributed by atoms with van der Waals surface area (Å²) in [5.41, 5.74) is 0.884. The zero-order chi connectivity index (χ0) is 24.0. The second-order valence-corrected chi connectivity index (χ2v) is 8.32. The van der Waals surface area contributed by atoms with Crippen LogP contribution < -0.4 is 5.32 Å². The average molecular weight is 480 g/mol. The third-order valence-electron chi connectivity index (χ3n) is 5.11. The number of carbonyl (C=O) groups excluding carboxylic acids is 1. The summed E-state index contributed by atoms with van der Waals surface area (Å²) in [5.74, 6) is -0.0354. The van der Waals surface area contributed by atoms with E-state index in [2.05, 4.69) is 10.3 Å². The van der Waals surface area contributed by atoms with Gasteiger partial charge in [0.05, 0.1) is 12.1 Å². The molecular weight excluding hydrogens is 455 g/mol. The van der Waals surface area contributed by atoms with Gasteiger partial charge in [-0.25, -0.2) is 4.98 Å². The van der Waals surface area contributed by atoms with E-state index >= 15 is 0 Å². The molecule has 176 valence electrons. The number of hydrogen-bond donors (Lipinski definition) is 1. The van der Waals surface area contributed by atoms with Crippen LogP contribution in [-0.4, -0.2) is 21.8 Å². The molecule has 0 aliphatic rings. The number of halogens is 4. The molecule has 0 radical (unpaired) electrons. The Morgan fingerprint density at radius 2 is 1.82 bits per heavy atom. The number of nitrogens with one attached hydrogen (secondary N) is 1. The maximum absolute atomic E-state index is 13.1. The van der Waals surface area contributed by atoms with E-state index in [1.807, 2.05) is 30.9 Å². The first-order chi connectivity index (χ1) is 15.6. The maximum atomic E-state index is 13.1. The Balaban J connectivity index is 1.79. The molecule has 0 spiro atoms. The molecule has 1 atom stereocenters. The predicted octanol–water partition coefficient (Wildman–Crippen LogP) is 6.08. The Kier molecular flexibility index (Phi) is 8.15. The molecule has 0 saturated carbocycles. The minimum Gasteiger partial charge on any atom is -0.447 e. The second-order valence-electron chi connectivity index (χ2n) is 7.88. The number of hydrogen-bond acceptors (Lipinski definition) is 4. The van der Waals surface area contributed by atoms with Crippen LogP contribution in [0, 0.1) is 0 Å². The number of oxazole rings is 1. The van der Waals surface area contributed by atoms with Gasteiger partial charge in [0.1, 0.15) is 6.26 Å². The molecule has 2 aromatic carbocycles. The molecule has 1 aromatic heterocycles. The second kappa shape index (κ2) is 10.9. The fourth-order valence-corrected chi connectivity index (χ4v) is 3.32. The van der Waals surface area contributed by atoms with Gasteiger partial charge in [-0.15, -0.1) is 0 Å². The van der Waals surface area contributed by atoms with Gasteiger partial charge in [-0.2, -0.15) is 13.2 Å². The van der Waals surface area contributed by atoms with E-state index in [0.717, 1.165) is 24.1 Å². The van der Waals surface area contributed by atoms with Gasteiger partial charge >= 0.3 is 6.18 Å². The van der Waals surface area contributed by atoms with Crippen LogP contribution in [0.2, 0.25) is 5.02 Å². The molecule has 3 rings (SSSR count). The standard InChI is InChI=1S/C24H25ClF3N3O2/c1-3-16(2)29-23(32)21-15-33-22(30-21)14-31(12-17-7-9-20(25)10-8-17)13-18-5-4-6-19(11-18)24(26,27)28/h4-11,15-16H,3,12-14H2,1-2H3,(H,29,32)/t16-/m1/s1. The van der Waals surface area contributed by atoms with E-state index in [-0.39, 0.29) is 30.7 Å². The fourth-order valence-electron chi connectivity index (χ4n) is 3.20. The van der Waals surface area contributed by atoms with Crippen molar-refractivity contribution in [1.29, 1.82) is 0 Å². The molecule has 3 aromatic rings. The molecule has 1 N–H and O–H groups in total. The molecular formula is C24H25ClF3N3O2. The number of aromatic nitrogens is 1. The minimum atomic E-state index is -4.42. The van der Waals surface area contributed by atoms with Crippen molar-refractivity contribution in [3.63, 3.8) is 0 Å². The van der Waals surface area contributed by atoms with Gasteiger partial charge in [0.2, 0.25) is 5.89 Å². The Morgan fingerprint density at radius 1 is 1.12 bits per heavy atom. The lowest BCUT2D eigenvalue weighted by molar-refractivity contribution is -0.137. The van der Waals surface area contributed by atoms with Gasteiger partial charge in [-0.1, -0.05) is 48.9 Å². The smallest absolute Gasteiger partial charge is 0.416 e. The molecule has 1 amide bonds. The molecule has 1 heterocycles. The first-order valence-corrected chi connectivity index (χ1v) is 10.9. The number of carbonyl (C=O) groups is 1. The number of nitrogens with zero attached hydrogens (tertiary/aromatic N) is 2. The van der Waals surface area contributed by atoms with E-state index in [0.29, 0.717) is 23.0 Å². The third kappa shape index (κ3) is 7.33. The quantitative estimate of drug-likeness (QED) is 0.404. The van der Waals surface area contributed by atoms with Crippen molar-refractivity contribution in [2.24, 2.45) is 0 Å². The molecule has 0 bridgehead atoms. The van der Waals surface area contributed by atoms with Crippen molar-refractivity contribution in [3.05, 3.63) is 88.1 Å². The highest BCUT2D eigenvalue weighted by Gasteiger charge is 2.30. The highest BCUT2D eigenvalue weighted by Crippen LogP contribution is 2.30. The minimum absolute atomic E-state index is 0.0000350. The molecule has 0 fully saturated rings. The summed E-state index contributed by atoms with van der Waals surface area (Å²) in [6.45, 7) is 4.70. The van der Waals surface area contributed by atoms with Gasteiger partial charge in [0, 0.05) is 24.2 Å². The monoisotopic (exact) mass is 479 g/mol. The normalized spacial score (nSPS) is 12.7. The first-order valence-electron chi connectivity index (χ1n) is 10.5. The van der Waals surface area contributed by atoms with Crippen LogP contribution in [0.3, 0.4) is 0 Å². The van der Waals surface area contributed by atoms with E-state index in [9.17, 15) is 18.0 Å². The average Bonchev–Trinajstić information content (AvgIpc) is 3.23. The Bertz CT molecular complexity index is 1070. The van der Waals surface area contributed by atoms with Crippen molar-refractivity contribution in [3.8, 4) is 0 Å². The van der Waals surface area contributed by atoms with Crippen molar-refractivity contribution in [2.75, 3.05) is 0 Å². The SMILES string of the molecule is CC[C@@H](C)NC(=O)c1coc(CN(Cc2ccc(Cl)cc2)Cc2cccc(C(F)(F)F)c2)n1. The van der Waals surface area contributed by atoms with E-state index in [4.69, 9.17) is 16.0 Å². The van der Waals surface area contributed by atoms with Gasteiger partial charge in [0.15, 0.2) is 5.69 Å². The molecule has 0 aliphatic carbocycles. The molecule has 0 aliphatic heterocycles. The van der Waals surface area contributed by atoms with Crippen LogP contribution in [0.5, 0.6) is 0 Å². The van der Waals surface area contributed by atoms with E-state index in [1.54, 1.807) is 18.2 Å². The van der Waals surface area contributed by atoms with Crippen LogP contribution in [0.1, 0.15) is 53.3 Å². The summed E-state index contributed by atoms with van der Waals surface area (Å²) < 4.78 is 44.9. The zero-order valence-electron chi connectivity index (χ0n) is 18.3. The Morgan fingerprint density at radius 3 is 2.48 bits per heavy atom. The summed E-state index contributed by atoms with van der Waals surface area (Å²) in [7, 11) is 0. The number of rotatable bonds is 9. The fraction of sp³-hybridized carbons (Fsp3) is 0.333. The lowest BCUT2D eigenvalue weighted by Gasteiger charge is -2.21.